The number of amides is 2. The Labute approximate surface area is 187 Å². The number of benzene rings is 1. The number of nitrogen functional groups attached to an aromatic ring is 1. The number of para-hydroxylation sites is 1. The van der Waals surface area contributed by atoms with E-state index in [1.807, 2.05) is 36.9 Å². The number of nitrogens with zero attached hydrogens (tertiary/aromatic N) is 5. The van der Waals surface area contributed by atoms with E-state index in [9.17, 15) is 22.8 Å². The Bertz CT molecular complexity index is 968. The summed E-state index contributed by atoms with van der Waals surface area (Å²) in [4.78, 5) is 28.4. The van der Waals surface area contributed by atoms with Gasteiger partial charge in [0.05, 0.1) is 12.3 Å². The minimum atomic E-state index is -4.72. The molecule has 1 aliphatic heterocycles. The third-order valence-electron chi connectivity index (χ3n) is 5.08. The molecule has 0 unspecified atom stereocenters. The zero-order chi connectivity index (χ0) is 23.5. The van der Waals surface area contributed by atoms with Gasteiger partial charge in [0.25, 0.3) is 5.82 Å². The summed E-state index contributed by atoms with van der Waals surface area (Å²) in [6.45, 7) is 5.94. The second kappa shape index (κ2) is 9.77. The number of carbonyl (C=O) groups is 2. The molecule has 0 atom stereocenters. The lowest BCUT2D eigenvalue weighted by molar-refractivity contribution is -0.146. The van der Waals surface area contributed by atoms with E-state index in [4.69, 9.17) is 5.84 Å². The van der Waals surface area contributed by atoms with Crippen LogP contribution in [-0.2, 0) is 15.8 Å². The van der Waals surface area contributed by atoms with Crippen molar-refractivity contribution in [2.45, 2.75) is 25.2 Å². The zero-order valence-corrected chi connectivity index (χ0v) is 18.5. The van der Waals surface area contributed by atoms with Crippen LogP contribution in [0.4, 0.5) is 18.9 Å². The number of aryl methyl sites for hydroxylation is 2. The van der Waals surface area contributed by atoms with E-state index in [1.54, 1.807) is 4.90 Å². The summed E-state index contributed by atoms with van der Waals surface area (Å²) in [5.41, 5.74) is 2.79. The van der Waals surface area contributed by atoms with Crippen molar-refractivity contribution in [3.63, 3.8) is 0 Å². The molecule has 2 aromatic rings. The number of carbonyl (C=O) groups excluding carboxylic acids is 2. The number of alkyl halides is 3. The first-order valence-electron chi connectivity index (χ1n) is 9.83. The van der Waals surface area contributed by atoms with Crippen molar-refractivity contribution < 1.29 is 22.8 Å². The summed E-state index contributed by atoms with van der Waals surface area (Å²) < 4.78 is 38.5. The SMILES string of the molecule is Cc1cccc(C)c1NC(=O)CN1CCN(C(=O)CSc2nnc(C(F)(F)F)n2N)CC1. The summed E-state index contributed by atoms with van der Waals surface area (Å²) in [5.74, 6) is 3.57. The average Bonchev–Trinajstić information content (AvgIpc) is 3.10. The molecule has 32 heavy (non-hydrogen) atoms. The van der Waals surface area contributed by atoms with Crippen LogP contribution in [0.3, 0.4) is 0 Å². The van der Waals surface area contributed by atoms with Crippen LogP contribution >= 0.6 is 11.8 Å². The maximum Gasteiger partial charge on any atom is 0.453 e. The summed E-state index contributed by atoms with van der Waals surface area (Å²) in [6, 6.07) is 5.80. The van der Waals surface area contributed by atoms with Gasteiger partial charge in [0.2, 0.25) is 17.0 Å². The predicted octanol–water partition coefficient (Wildman–Crippen LogP) is 1.50. The van der Waals surface area contributed by atoms with Crippen molar-refractivity contribution in [2.75, 3.05) is 49.6 Å². The number of piperazine rings is 1. The molecule has 9 nitrogen and oxygen atoms in total. The Kier molecular flexibility index (Phi) is 7.29. The fourth-order valence-corrected chi connectivity index (χ4v) is 4.09. The Balaban J connectivity index is 1.45. The van der Waals surface area contributed by atoms with Crippen LogP contribution < -0.4 is 11.2 Å². The van der Waals surface area contributed by atoms with Gasteiger partial charge in [-0.05, 0) is 25.0 Å². The molecule has 1 fully saturated rings. The van der Waals surface area contributed by atoms with Crippen LogP contribution in [0.2, 0.25) is 0 Å². The van der Waals surface area contributed by atoms with Gasteiger partial charge in [-0.1, -0.05) is 30.0 Å². The van der Waals surface area contributed by atoms with E-state index in [1.165, 1.54) is 0 Å². The standard InChI is InChI=1S/C19H24F3N7O2S/c1-12-4-3-5-13(2)16(12)24-14(30)10-27-6-8-28(9-7-27)15(31)11-32-18-26-25-17(29(18)23)19(20,21)22/h3-5H,6-11,23H2,1-2H3,(H,24,30). The monoisotopic (exact) mass is 471 g/mol. The lowest BCUT2D eigenvalue weighted by atomic mass is 10.1. The van der Waals surface area contributed by atoms with Gasteiger partial charge >= 0.3 is 6.18 Å². The maximum atomic E-state index is 12.7. The van der Waals surface area contributed by atoms with Gasteiger partial charge in [-0.15, -0.1) is 10.2 Å². The number of thioether (sulfide) groups is 1. The van der Waals surface area contributed by atoms with E-state index in [0.29, 0.717) is 30.9 Å². The molecule has 1 aromatic heterocycles. The van der Waals surface area contributed by atoms with Crippen LogP contribution in [0, 0.1) is 13.8 Å². The average molecular weight is 472 g/mol. The Morgan fingerprint density at radius 1 is 1.12 bits per heavy atom. The summed E-state index contributed by atoms with van der Waals surface area (Å²) in [6.07, 6.45) is -4.72. The number of halogens is 3. The largest absolute Gasteiger partial charge is 0.453 e. The van der Waals surface area contributed by atoms with Crippen LogP contribution in [0.15, 0.2) is 23.4 Å². The lowest BCUT2D eigenvalue weighted by Crippen LogP contribution is -2.51. The molecule has 174 valence electrons. The summed E-state index contributed by atoms with van der Waals surface area (Å²) in [7, 11) is 0. The van der Waals surface area contributed by atoms with Crippen molar-refractivity contribution in [1.29, 1.82) is 0 Å². The van der Waals surface area contributed by atoms with Crippen molar-refractivity contribution >= 4 is 29.3 Å². The molecule has 1 saturated heterocycles. The molecule has 2 amide bonds. The molecule has 3 rings (SSSR count). The number of rotatable bonds is 6. The number of hydrogen-bond acceptors (Lipinski definition) is 7. The molecule has 0 aliphatic carbocycles. The maximum absolute atomic E-state index is 12.7. The van der Waals surface area contributed by atoms with Gasteiger partial charge < -0.3 is 16.1 Å². The van der Waals surface area contributed by atoms with E-state index in [2.05, 4.69) is 15.5 Å². The third-order valence-corrected chi connectivity index (χ3v) is 6.01. The Morgan fingerprint density at radius 3 is 2.31 bits per heavy atom. The normalized spacial score (nSPS) is 15.1. The van der Waals surface area contributed by atoms with Crippen molar-refractivity contribution in [3.8, 4) is 0 Å². The number of hydrogen-bond donors (Lipinski definition) is 2. The first-order chi connectivity index (χ1) is 15.1. The minimum Gasteiger partial charge on any atom is -0.339 e. The molecular weight excluding hydrogens is 447 g/mol. The van der Waals surface area contributed by atoms with Gasteiger partial charge in [-0.3, -0.25) is 14.5 Å². The van der Waals surface area contributed by atoms with Gasteiger partial charge in [0.1, 0.15) is 0 Å². The molecule has 0 bridgehead atoms. The fourth-order valence-electron chi connectivity index (χ4n) is 3.34. The highest BCUT2D eigenvalue weighted by Gasteiger charge is 2.38. The molecule has 1 aromatic carbocycles. The van der Waals surface area contributed by atoms with Crippen molar-refractivity contribution in [2.24, 2.45) is 0 Å². The smallest absolute Gasteiger partial charge is 0.339 e. The van der Waals surface area contributed by atoms with E-state index >= 15 is 0 Å². The number of aromatic nitrogens is 3. The van der Waals surface area contributed by atoms with E-state index in [0.717, 1.165) is 28.6 Å². The second-order valence-electron chi connectivity index (χ2n) is 7.43. The van der Waals surface area contributed by atoms with Crippen molar-refractivity contribution in [1.82, 2.24) is 24.7 Å². The van der Waals surface area contributed by atoms with Crippen LogP contribution in [0.25, 0.3) is 0 Å². The zero-order valence-electron chi connectivity index (χ0n) is 17.6. The molecule has 3 N–H and O–H groups in total. The molecular formula is C19H24F3N7O2S. The van der Waals surface area contributed by atoms with Crippen LogP contribution in [-0.4, -0.2) is 75.0 Å². The Morgan fingerprint density at radius 2 is 1.75 bits per heavy atom. The highest BCUT2D eigenvalue weighted by Crippen LogP contribution is 2.29. The van der Waals surface area contributed by atoms with Crippen LogP contribution in [0.5, 0.6) is 0 Å². The predicted molar refractivity (Wildman–Crippen MR) is 113 cm³/mol. The molecule has 0 radical (unpaired) electrons. The fraction of sp³-hybridized carbons (Fsp3) is 0.474. The highest BCUT2D eigenvalue weighted by molar-refractivity contribution is 7.99. The molecule has 13 heteroatoms. The summed E-state index contributed by atoms with van der Waals surface area (Å²) in [5, 5.41) is 9.18. The molecule has 2 heterocycles. The first-order valence-corrected chi connectivity index (χ1v) is 10.8. The third kappa shape index (κ3) is 5.71. The van der Waals surface area contributed by atoms with Gasteiger partial charge in [-0.25, -0.2) is 4.68 Å². The Hall–Kier alpha value is -2.80. The van der Waals surface area contributed by atoms with E-state index < -0.39 is 12.0 Å². The molecule has 1 aliphatic rings. The highest BCUT2D eigenvalue weighted by atomic mass is 32.2. The quantitative estimate of drug-likeness (QED) is 0.485. The topological polar surface area (TPSA) is 109 Å². The van der Waals surface area contributed by atoms with E-state index in [-0.39, 0.29) is 29.3 Å². The minimum absolute atomic E-state index is 0.111. The van der Waals surface area contributed by atoms with Gasteiger partial charge in [-0.2, -0.15) is 13.2 Å². The second-order valence-corrected chi connectivity index (χ2v) is 8.38. The lowest BCUT2D eigenvalue weighted by Gasteiger charge is -2.34. The van der Waals surface area contributed by atoms with Gasteiger partial charge in [0.15, 0.2) is 0 Å². The van der Waals surface area contributed by atoms with Crippen molar-refractivity contribution in [3.05, 3.63) is 35.2 Å². The van der Waals surface area contributed by atoms with Gasteiger partial charge in [0, 0.05) is 31.9 Å². The molecule has 0 spiro atoms. The molecule has 0 saturated carbocycles. The first kappa shape index (κ1) is 23.9. The number of nitrogens with one attached hydrogen (secondary N) is 1. The van der Waals surface area contributed by atoms with Crippen LogP contribution in [0.1, 0.15) is 17.0 Å². The number of nitrogens with two attached hydrogens (primary N) is 1. The number of anilines is 1. The summed E-state index contributed by atoms with van der Waals surface area (Å²) >= 11 is 0.797.